The van der Waals surface area contributed by atoms with Gasteiger partial charge in [-0.2, -0.15) is 30.7 Å². The third-order valence-electron chi connectivity index (χ3n) is 1.56. The first-order chi connectivity index (χ1) is 7.45. The van der Waals surface area contributed by atoms with E-state index in [4.69, 9.17) is 0 Å². The number of ether oxygens (including phenoxy) is 2. The molecule has 0 aromatic heterocycles. The number of methoxy groups -OCH3 is 1. The summed E-state index contributed by atoms with van der Waals surface area (Å²) in [5.41, 5.74) is 0. The highest BCUT2D eigenvalue weighted by Gasteiger charge is 2.74. The Morgan fingerprint density at radius 3 is 1.71 bits per heavy atom. The minimum Gasteiger partial charge on any atom is -0.469 e. The van der Waals surface area contributed by atoms with Crippen LogP contribution in [-0.4, -0.2) is 37.9 Å². The molecule has 0 aliphatic rings. The zero-order valence-corrected chi connectivity index (χ0v) is 8.28. The van der Waals surface area contributed by atoms with Crippen molar-refractivity contribution in [1.82, 2.24) is 0 Å². The Morgan fingerprint density at radius 1 is 1.00 bits per heavy atom. The van der Waals surface area contributed by atoms with Gasteiger partial charge in [-0.1, -0.05) is 0 Å². The van der Waals surface area contributed by atoms with Crippen LogP contribution >= 0.6 is 0 Å². The standard InChI is InChI=1S/C7H7F7O3/c1-16-4(15)2-3-17-5(8,6(9,10)11)7(12,13)14/h2-3H2,1H3. The van der Waals surface area contributed by atoms with E-state index in [9.17, 15) is 35.5 Å². The molecule has 0 rings (SSSR count). The third kappa shape index (κ3) is 3.72. The van der Waals surface area contributed by atoms with Crippen molar-refractivity contribution in [1.29, 1.82) is 0 Å². The largest absolute Gasteiger partial charge is 0.469 e. The lowest BCUT2D eigenvalue weighted by atomic mass is 10.3. The van der Waals surface area contributed by atoms with E-state index in [-0.39, 0.29) is 0 Å². The van der Waals surface area contributed by atoms with Gasteiger partial charge in [0.1, 0.15) is 0 Å². The van der Waals surface area contributed by atoms with Gasteiger partial charge in [-0.25, -0.2) is 0 Å². The van der Waals surface area contributed by atoms with Crippen molar-refractivity contribution in [3.63, 3.8) is 0 Å². The molecular formula is C7H7F7O3. The molecule has 0 amide bonds. The molecule has 0 aliphatic heterocycles. The highest BCUT2D eigenvalue weighted by atomic mass is 19.4. The molecule has 102 valence electrons. The lowest BCUT2D eigenvalue weighted by Crippen LogP contribution is -2.55. The van der Waals surface area contributed by atoms with Crippen LogP contribution in [0.1, 0.15) is 6.42 Å². The second-order valence-corrected chi connectivity index (χ2v) is 2.77. The van der Waals surface area contributed by atoms with Gasteiger partial charge in [-0.3, -0.25) is 4.79 Å². The maximum absolute atomic E-state index is 12.7. The molecule has 0 unspecified atom stereocenters. The highest BCUT2D eigenvalue weighted by Crippen LogP contribution is 2.46. The predicted molar refractivity (Wildman–Crippen MR) is 38.5 cm³/mol. The molecule has 0 spiro atoms. The third-order valence-corrected chi connectivity index (χ3v) is 1.56. The van der Waals surface area contributed by atoms with E-state index in [1.54, 1.807) is 0 Å². The second-order valence-electron chi connectivity index (χ2n) is 2.77. The fraction of sp³-hybridized carbons (Fsp3) is 0.857. The summed E-state index contributed by atoms with van der Waals surface area (Å²) >= 11 is 0. The first kappa shape index (κ1) is 15.9. The summed E-state index contributed by atoms with van der Waals surface area (Å²) in [6, 6.07) is 0. The van der Waals surface area contributed by atoms with E-state index in [0.29, 0.717) is 0 Å². The van der Waals surface area contributed by atoms with E-state index in [2.05, 4.69) is 9.47 Å². The molecular weight excluding hydrogens is 265 g/mol. The van der Waals surface area contributed by atoms with Crippen LogP contribution in [0.5, 0.6) is 0 Å². The first-order valence-electron chi connectivity index (χ1n) is 3.99. The molecule has 0 heterocycles. The van der Waals surface area contributed by atoms with Gasteiger partial charge in [0.05, 0.1) is 20.1 Å². The molecule has 0 aromatic rings. The van der Waals surface area contributed by atoms with Gasteiger partial charge >= 0.3 is 24.2 Å². The van der Waals surface area contributed by atoms with Crippen LogP contribution in [0.2, 0.25) is 0 Å². The molecule has 0 radical (unpaired) electrons. The zero-order chi connectivity index (χ0) is 13.9. The average molecular weight is 272 g/mol. The van der Waals surface area contributed by atoms with Crippen LogP contribution in [0.3, 0.4) is 0 Å². The number of alkyl halides is 7. The van der Waals surface area contributed by atoms with Crippen LogP contribution < -0.4 is 0 Å². The lowest BCUT2D eigenvalue weighted by Gasteiger charge is -2.29. The van der Waals surface area contributed by atoms with Crippen molar-refractivity contribution in [3.8, 4) is 0 Å². The van der Waals surface area contributed by atoms with Crippen molar-refractivity contribution in [2.45, 2.75) is 24.6 Å². The Labute approximate surface area is 90.5 Å². The van der Waals surface area contributed by atoms with Crippen molar-refractivity contribution in [2.75, 3.05) is 13.7 Å². The summed E-state index contributed by atoms with van der Waals surface area (Å²) in [7, 11) is 0.860. The van der Waals surface area contributed by atoms with E-state index < -0.39 is 37.2 Å². The van der Waals surface area contributed by atoms with E-state index in [0.717, 1.165) is 7.11 Å². The number of halogens is 7. The Balaban J connectivity index is 4.71. The van der Waals surface area contributed by atoms with Crippen LogP contribution in [0, 0.1) is 0 Å². The quantitative estimate of drug-likeness (QED) is 0.582. The van der Waals surface area contributed by atoms with Crippen LogP contribution in [0.25, 0.3) is 0 Å². The minimum absolute atomic E-state index is 0.860. The highest BCUT2D eigenvalue weighted by molar-refractivity contribution is 5.69. The molecule has 0 aliphatic carbocycles. The zero-order valence-electron chi connectivity index (χ0n) is 8.28. The van der Waals surface area contributed by atoms with Crippen LogP contribution in [0.15, 0.2) is 0 Å². The minimum atomic E-state index is -6.29. The fourth-order valence-corrected chi connectivity index (χ4v) is 0.701. The molecule has 0 atom stereocenters. The number of rotatable bonds is 4. The second kappa shape index (κ2) is 5.07. The Bertz CT molecular complexity index is 256. The van der Waals surface area contributed by atoms with Gasteiger partial charge in [0.25, 0.3) is 0 Å². The SMILES string of the molecule is COC(=O)CCOC(F)(C(F)(F)F)C(F)(F)F. The van der Waals surface area contributed by atoms with Crippen molar-refractivity contribution in [2.24, 2.45) is 0 Å². The molecule has 3 nitrogen and oxygen atoms in total. The molecule has 0 N–H and O–H groups in total. The summed E-state index contributed by atoms with van der Waals surface area (Å²) < 4.78 is 91.0. The summed E-state index contributed by atoms with van der Waals surface area (Å²) in [5, 5.41) is 0. The molecule has 17 heavy (non-hydrogen) atoms. The Kier molecular flexibility index (Phi) is 4.75. The molecule has 0 bridgehead atoms. The number of hydrogen-bond donors (Lipinski definition) is 0. The fourth-order valence-electron chi connectivity index (χ4n) is 0.701. The van der Waals surface area contributed by atoms with Crippen LogP contribution in [-0.2, 0) is 14.3 Å². The van der Waals surface area contributed by atoms with Gasteiger partial charge < -0.3 is 9.47 Å². The molecule has 0 saturated heterocycles. The Morgan fingerprint density at radius 2 is 1.41 bits per heavy atom. The number of hydrogen-bond acceptors (Lipinski definition) is 3. The predicted octanol–water partition coefficient (Wildman–Crippen LogP) is 2.36. The monoisotopic (exact) mass is 272 g/mol. The maximum atomic E-state index is 12.7. The summed E-state index contributed by atoms with van der Waals surface area (Å²) in [6.45, 7) is -1.41. The topological polar surface area (TPSA) is 35.5 Å². The molecule has 0 aromatic carbocycles. The van der Waals surface area contributed by atoms with Gasteiger partial charge in [0, 0.05) is 0 Å². The van der Waals surface area contributed by atoms with Gasteiger partial charge in [-0.15, -0.1) is 0 Å². The summed E-state index contributed by atoms with van der Waals surface area (Å²) in [5.74, 6) is -6.93. The van der Waals surface area contributed by atoms with Gasteiger partial charge in [-0.05, 0) is 0 Å². The number of carbonyl (C=O) groups excluding carboxylic acids is 1. The van der Waals surface area contributed by atoms with Crippen molar-refractivity contribution < 1.29 is 45.0 Å². The average Bonchev–Trinajstić information content (AvgIpc) is 2.13. The molecule has 0 fully saturated rings. The number of esters is 1. The summed E-state index contributed by atoms with van der Waals surface area (Å²) in [4.78, 5) is 10.4. The van der Waals surface area contributed by atoms with E-state index in [1.165, 1.54) is 0 Å². The summed E-state index contributed by atoms with van der Waals surface area (Å²) in [6.07, 6.45) is -13.5. The van der Waals surface area contributed by atoms with Crippen LogP contribution in [0.4, 0.5) is 30.7 Å². The molecule has 10 heteroatoms. The van der Waals surface area contributed by atoms with Crippen molar-refractivity contribution in [3.05, 3.63) is 0 Å². The van der Waals surface area contributed by atoms with E-state index in [1.807, 2.05) is 0 Å². The van der Waals surface area contributed by atoms with Crippen molar-refractivity contribution >= 4 is 5.97 Å². The van der Waals surface area contributed by atoms with Gasteiger partial charge in [0.15, 0.2) is 0 Å². The normalized spacial score (nSPS) is 13.6. The van der Waals surface area contributed by atoms with E-state index >= 15 is 0 Å². The number of carbonyl (C=O) groups is 1. The maximum Gasteiger partial charge on any atom is 0.458 e. The lowest BCUT2D eigenvalue weighted by molar-refractivity contribution is -0.429. The Hall–Kier alpha value is -1.06. The van der Waals surface area contributed by atoms with Gasteiger partial charge in [0.2, 0.25) is 0 Å². The first-order valence-corrected chi connectivity index (χ1v) is 3.99. The smallest absolute Gasteiger partial charge is 0.458 e. The molecule has 0 saturated carbocycles.